The molecule has 0 aliphatic carbocycles. The average Bonchev–Trinajstić information content (AvgIpc) is 1.82. The molecule has 0 aromatic heterocycles. The van der Waals surface area contributed by atoms with Crippen LogP contribution in [0.2, 0.25) is 0 Å². The van der Waals surface area contributed by atoms with Crippen LogP contribution in [0.1, 0.15) is 27.2 Å². The van der Waals surface area contributed by atoms with Gasteiger partial charge in [-0.2, -0.15) is 0 Å². The maximum atomic E-state index is 9.21. The zero-order valence-electron chi connectivity index (χ0n) is 6.46. The molecule has 9 heavy (non-hydrogen) atoms. The lowest BCUT2D eigenvalue weighted by Crippen LogP contribution is -2.12. The molecule has 1 atom stereocenters. The van der Waals surface area contributed by atoms with Crippen LogP contribution < -0.4 is 0 Å². The van der Waals surface area contributed by atoms with Crippen molar-refractivity contribution in [1.29, 1.82) is 0 Å². The summed E-state index contributed by atoms with van der Waals surface area (Å²) in [4.78, 5) is 0. The molecule has 0 saturated heterocycles. The van der Waals surface area contributed by atoms with Crippen molar-refractivity contribution < 1.29 is 5.11 Å². The Balaban J connectivity index is 3.38. The molecule has 0 aromatic carbocycles. The van der Waals surface area contributed by atoms with E-state index in [1.807, 2.05) is 32.9 Å². The van der Waals surface area contributed by atoms with Gasteiger partial charge in [0.2, 0.25) is 0 Å². The predicted octanol–water partition coefficient (Wildman–Crippen LogP) is 1.97. The van der Waals surface area contributed by atoms with E-state index in [9.17, 15) is 5.11 Å². The first-order chi connectivity index (χ1) is 4.18. The van der Waals surface area contributed by atoms with Crippen LogP contribution in [-0.2, 0) is 0 Å². The molecule has 0 unspecified atom stereocenters. The van der Waals surface area contributed by atoms with Crippen LogP contribution in [0.25, 0.3) is 0 Å². The fraction of sp³-hybridized carbons (Fsp3) is 0.750. The smallest absolute Gasteiger partial charge is 0.0597 e. The van der Waals surface area contributed by atoms with E-state index >= 15 is 0 Å². The monoisotopic (exact) mass is 128 g/mol. The van der Waals surface area contributed by atoms with E-state index in [-0.39, 0.29) is 6.10 Å². The minimum Gasteiger partial charge on any atom is -0.393 e. The molecule has 54 valence electrons. The van der Waals surface area contributed by atoms with Gasteiger partial charge in [0.1, 0.15) is 0 Å². The second-order valence-corrected chi connectivity index (χ2v) is 2.62. The van der Waals surface area contributed by atoms with Crippen LogP contribution in [0, 0.1) is 5.92 Å². The van der Waals surface area contributed by atoms with E-state index in [4.69, 9.17) is 0 Å². The summed E-state index contributed by atoms with van der Waals surface area (Å²) < 4.78 is 0. The van der Waals surface area contributed by atoms with Gasteiger partial charge < -0.3 is 5.11 Å². The van der Waals surface area contributed by atoms with Crippen LogP contribution in [0.4, 0.5) is 0 Å². The first-order valence-corrected chi connectivity index (χ1v) is 3.47. The van der Waals surface area contributed by atoms with Gasteiger partial charge in [-0.25, -0.2) is 0 Å². The Labute approximate surface area is 57.4 Å². The van der Waals surface area contributed by atoms with Crippen molar-refractivity contribution in [3.63, 3.8) is 0 Å². The van der Waals surface area contributed by atoms with Crippen molar-refractivity contribution in [3.05, 3.63) is 12.2 Å². The first-order valence-electron chi connectivity index (χ1n) is 3.47. The predicted molar refractivity (Wildman–Crippen MR) is 40.3 cm³/mol. The van der Waals surface area contributed by atoms with Crippen LogP contribution in [0.3, 0.4) is 0 Å². The van der Waals surface area contributed by atoms with E-state index < -0.39 is 0 Å². The molecule has 0 spiro atoms. The highest BCUT2D eigenvalue weighted by Gasteiger charge is 2.04. The molecular formula is C8H16O. The SMILES string of the molecule is C/C=C/C[C@@H](O)C(C)C. The van der Waals surface area contributed by atoms with Crippen molar-refractivity contribution in [2.75, 3.05) is 0 Å². The zero-order valence-corrected chi connectivity index (χ0v) is 6.46. The standard InChI is InChI=1S/C8H16O/c1-4-5-6-8(9)7(2)3/h4-5,7-9H,6H2,1-3H3/b5-4+/t8-/m1/s1. The van der Waals surface area contributed by atoms with Crippen molar-refractivity contribution in [3.8, 4) is 0 Å². The normalized spacial score (nSPS) is 15.2. The van der Waals surface area contributed by atoms with Crippen LogP contribution in [-0.4, -0.2) is 11.2 Å². The lowest BCUT2D eigenvalue weighted by atomic mass is 10.0. The highest BCUT2D eigenvalue weighted by atomic mass is 16.3. The molecule has 1 N–H and O–H groups in total. The summed E-state index contributed by atoms with van der Waals surface area (Å²) >= 11 is 0. The van der Waals surface area contributed by atoms with Gasteiger partial charge >= 0.3 is 0 Å². The quantitative estimate of drug-likeness (QED) is 0.576. The molecular weight excluding hydrogens is 112 g/mol. The zero-order chi connectivity index (χ0) is 7.28. The van der Waals surface area contributed by atoms with Gasteiger partial charge in [-0.1, -0.05) is 26.0 Å². The number of hydrogen-bond acceptors (Lipinski definition) is 1. The van der Waals surface area contributed by atoms with Crippen molar-refractivity contribution >= 4 is 0 Å². The average molecular weight is 128 g/mol. The molecule has 0 aliphatic heterocycles. The summed E-state index contributed by atoms with van der Waals surface area (Å²) in [5, 5.41) is 9.21. The highest BCUT2D eigenvalue weighted by molar-refractivity contribution is 4.80. The third-order valence-corrected chi connectivity index (χ3v) is 1.38. The highest BCUT2D eigenvalue weighted by Crippen LogP contribution is 2.05. The molecule has 1 nitrogen and oxygen atoms in total. The number of allylic oxidation sites excluding steroid dienone is 1. The van der Waals surface area contributed by atoms with Gasteiger partial charge in [-0.05, 0) is 19.3 Å². The summed E-state index contributed by atoms with van der Waals surface area (Å²) in [6.07, 6.45) is 4.57. The van der Waals surface area contributed by atoms with Crippen molar-refractivity contribution in [2.45, 2.75) is 33.3 Å². The largest absolute Gasteiger partial charge is 0.393 e. The summed E-state index contributed by atoms with van der Waals surface area (Å²) in [5.74, 6) is 0.376. The molecule has 0 radical (unpaired) electrons. The Bertz CT molecular complexity index is 84.6. The summed E-state index contributed by atoms with van der Waals surface area (Å²) in [7, 11) is 0. The van der Waals surface area contributed by atoms with E-state index in [1.165, 1.54) is 0 Å². The van der Waals surface area contributed by atoms with Crippen LogP contribution in [0.15, 0.2) is 12.2 Å². The lowest BCUT2D eigenvalue weighted by molar-refractivity contribution is 0.128. The Morgan fingerprint density at radius 2 is 2.00 bits per heavy atom. The number of aliphatic hydroxyl groups is 1. The minimum atomic E-state index is -0.166. The number of rotatable bonds is 3. The molecule has 0 saturated carbocycles. The second-order valence-electron chi connectivity index (χ2n) is 2.62. The van der Waals surface area contributed by atoms with Crippen molar-refractivity contribution in [2.24, 2.45) is 5.92 Å². The number of hydrogen-bond donors (Lipinski definition) is 1. The summed E-state index contributed by atoms with van der Waals surface area (Å²) in [6.45, 7) is 6.01. The molecule has 0 aromatic rings. The summed E-state index contributed by atoms with van der Waals surface area (Å²) in [5.41, 5.74) is 0. The van der Waals surface area contributed by atoms with Gasteiger partial charge in [0.15, 0.2) is 0 Å². The molecule has 0 fully saturated rings. The van der Waals surface area contributed by atoms with E-state index in [2.05, 4.69) is 0 Å². The van der Waals surface area contributed by atoms with Gasteiger partial charge in [-0.15, -0.1) is 0 Å². The maximum Gasteiger partial charge on any atom is 0.0597 e. The third-order valence-electron chi connectivity index (χ3n) is 1.38. The third kappa shape index (κ3) is 4.22. The van der Waals surface area contributed by atoms with Gasteiger partial charge in [0, 0.05) is 0 Å². The van der Waals surface area contributed by atoms with E-state index in [0.717, 1.165) is 6.42 Å². The lowest BCUT2D eigenvalue weighted by Gasteiger charge is -2.10. The summed E-state index contributed by atoms with van der Waals surface area (Å²) in [6, 6.07) is 0. The minimum absolute atomic E-state index is 0.166. The topological polar surface area (TPSA) is 20.2 Å². The molecule has 1 heteroatoms. The molecule has 0 amide bonds. The first kappa shape index (κ1) is 8.70. The molecule has 0 rings (SSSR count). The molecule has 0 heterocycles. The van der Waals surface area contributed by atoms with Gasteiger partial charge in [0.25, 0.3) is 0 Å². The number of aliphatic hydroxyl groups excluding tert-OH is 1. The fourth-order valence-corrected chi connectivity index (χ4v) is 0.548. The van der Waals surface area contributed by atoms with Gasteiger partial charge in [-0.3, -0.25) is 0 Å². The molecule has 0 bridgehead atoms. The van der Waals surface area contributed by atoms with E-state index in [0.29, 0.717) is 5.92 Å². The second kappa shape index (κ2) is 4.57. The Hall–Kier alpha value is -0.300. The fourth-order valence-electron chi connectivity index (χ4n) is 0.548. The van der Waals surface area contributed by atoms with Crippen molar-refractivity contribution in [1.82, 2.24) is 0 Å². The Morgan fingerprint density at radius 1 is 1.44 bits per heavy atom. The Kier molecular flexibility index (Phi) is 4.41. The molecule has 0 aliphatic rings. The Morgan fingerprint density at radius 3 is 2.33 bits per heavy atom. The maximum absolute atomic E-state index is 9.21. The van der Waals surface area contributed by atoms with Crippen LogP contribution >= 0.6 is 0 Å². The van der Waals surface area contributed by atoms with Gasteiger partial charge in [0.05, 0.1) is 6.10 Å². The van der Waals surface area contributed by atoms with Crippen LogP contribution in [0.5, 0.6) is 0 Å². The van der Waals surface area contributed by atoms with E-state index in [1.54, 1.807) is 0 Å².